The topological polar surface area (TPSA) is 91.0 Å². The van der Waals surface area contributed by atoms with Gasteiger partial charge in [0.15, 0.2) is 5.96 Å². The largest absolute Gasteiger partial charge is 0.364 e. The quantitative estimate of drug-likeness (QED) is 0.568. The molecule has 0 spiro atoms. The lowest BCUT2D eigenvalue weighted by molar-refractivity contribution is 0.251. The molecule has 0 radical (unpaired) electrons. The molecule has 2 aliphatic rings. The van der Waals surface area contributed by atoms with Gasteiger partial charge in [-0.2, -0.15) is 4.31 Å². The van der Waals surface area contributed by atoms with Gasteiger partial charge in [0.2, 0.25) is 10.0 Å². The minimum atomic E-state index is -3.38. The van der Waals surface area contributed by atoms with Crippen molar-refractivity contribution in [2.45, 2.75) is 45.3 Å². The monoisotopic (exact) mass is 411 g/mol. The second kappa shape index (κ2) is 9.73. The molecule has 2 atom stereocenters. The third kappa shape index (κ3) is 5.47. The summed E-state index contributed by atoms with van der Waals surface area (Å²) in [5, 5.41) is 7.10. The van der Waals surface area contributed by atoms with E-state index in [1.165, 1.54) is 31.9 Å². The third-order valence-electron chi connectivity index (χ3n) is 5.85. The molecule has 3 rings (SSSR count). The van der Waals surface area contributed by atoms with E-state index in [1.54, 1.807) is 10.4 Å². The van der Waals surface area contributed by atoms with E-state index in [0.29, 0.717) is 37.8 Å². The molecule has 2 heterocycles. The van der Waals surface area contributed by atoms with E-state index >= 15 is 0 Å². The highest BCUT2D eigenvalue weighted by molar-refractivity contribution is 7.88. The molecule has 2 fully saturated rings. The normalized spacial score (nSPS) is 25.1. The van der Waals surface area contributed by atoms with Crippen molar-refractivity contribution in [3.8, 4) is 0 Å². The fourth-order valence-electron chi connectivity index (χ4n) is 4.06. The van der Waals surface area contributed by atoms with Crippen molar-refractivity contribution < 1.29 is 12.9 Å². The smallest absolute Gasteiger partial charge is 0.220 e. The van der Waals surface area contributed by atoms with Crippen molar-refractivity contribution in [3.63, 3.8) is 0 Å². The average molecular weight is 412 g/mol. The molecule has 1 aromatic rings. The first-order valence-electron chi connectivity index (χ1n) is 10.4. The Morgan fingerprint density at radius 2 is 2.04 bits per heavy atom. The van der Waals surface area contributed by atoms with Crippen LogP contribution in [0.2, 0.25) is 0 Å². The molecule has 1 aliphatic heterocycles. The van der Waals surface area contributed by atoms with Gasteiger partial charge in [0, 0.05) is 45.3 Å². The molecule has 1 aliphatic carbocycles. The number of aliphatic imine (C=N–C) groups is 1. The summed E-state index contributed by atoms with van der Waals surface area (Å²) in [4.78, 5) is 7.08. The lowest BCUT2D eigenvalue weighted by Gasteiger charge is -2.36. The lowest BCUT2D eigenvalue weighted by atomic mass is 9.80. The Kier molecular flexibility index (Phi) is 7.34. The van der Waals surface area contributed by atoms with Crippen LogP contribution < -0.4 is 5.32 Å². The predicted molar refractivity (Wildman–Crippen MR) is 109 cm³/mol. The first-order chi connectivity index (χ1) is 13.5. The molecule has 0 amide bonds. The Balaban J connectivity index is 1.56. The van der Waals surface area contributed by atoms with Crippen molar-refractivity contribution in [1.82, 2.24) is 19.7 Å². The molecular formula is C19H33N5O3S. The number of hydrogen-bond acceptors (Lipinski definition) is 5. The van der Waals surface area contributed by atoms with Gasteiger partial charge in [-0.25, -0.2) is 8.42 Å². The molecule has 0 aromatic carbocycles. The molecule has 0 bridgehead atoms. The molecule has 1 saturated heterocycles. The van der Waals surface area contributed by atoms with Crippen LogP contribution in [0, 0.1) is 11.8 Å². The number of nitrogens with one attached hydrogen (secondary N) is 1. The van der Waals surface area contributed by atoms with Crippen molar-refractivity contribution in [2.24, 2.45) is 16.8 Å². The van der Waals surface area contributed by atoms with Gasteiger partial charge in [-0.05, 0) is 25.2 Å². The van der Waals surface area contributed by atoms with Gasteiger partial charge in [0.25, 0.3) is 0 Å². The van der Waals surface area contributed by atoms with Gasteiger partial charge in [0.1, 0.15) is 12.0 Å². The van der Waals surface area contributed by atoms with E-state index in [1.807, 2.05) is 0 Å². The number of hydrogen-bond donors (Lipinski definition) is 1. The summed E-state index contributed by atoms with van der Waals surface area (Å²) in [7, 11) is -3.38. The van der Waals surface area contributed by atoms with Crippen LogP contribution in [0.15, 0.2) is 21.8 Å². The van der Waals surface area contributed by atoms with Gasteiger partial charge in [-0.1, -0.05) is 31.3 Å². The molecule has 28 heavy (non-hydrogen) atoms. The maximum Gasteiger partial charge on any atom is 0.220 e. The predicted octanol–water partition coefficient (Wildman–Crippen LogP) is 1.91. The van der Waals surface area contributed by atoms with E-state index in [4.69, 9.17) is 9.52 Å². The fraction of sp³-hybridized carbons (Fsp3) is 0.789. The summed E-state index contributed by atoms with van der Waals surface area (Å²) in [5.74, 6) is 2.19. The lowest BCUT2D eigenvalue weighted by Crippen LogP contribution is -2.54. The zero-order valence-electron chi connectivity index (χ0n) is 17.0. The number of rotatable bonds is 6. The highest BCUT2D eigenvalue weighted by Gasteiger charge is 2.29. The van der Waals surface area contributed by atoms with Crippen molar-refractivity contribution in [3.05, 3.63) is 18.0 Å². The maximum atomic E-state index is 12.6. The van der Waals surface area contributed by atoms with Crippen LogP contribution in [0.4, 0.5) is 0 Å². The standard InChI is InChI=1S/C19H33N5O3S/c1-3-20-19(21-14-17-7-5-4-6-16(17)2)23-9-11-24(12-10-23)28(25,26)15-18-8-13-27-22-18/h8,13,16-17H,3-7,9-12,14-15H2,1-2H3,(H,20,21). The summed E-state index contributed by atoms with van der Waals surface area (Å²) < 4.78 is 31.5. The Morgan fingerprint density at radius 3 is 2.68 bits per heavy atom. The molecule has 1 saturated carbocycles. The fourth-order valence-corrected chi connectivity index (χ4v) is 5.49. The zero-order chi connectivity index (χ0) is 20.0. The summed E-state index contributed by atoms with van der Waals surface area (Å²) in [6, 6.07) is 1.59. The zero-order valence-corrected chi connectivity index (χ0v) is 17.8. The Labute approximate surface area is 168 Å². The van der Waals surface area contributed by atoms with E-state index < -0.39 is 10.0 Å². The van der Waals surface area contributed by atoms with Gasteiger partial charge >= 0.3 is 0 Å². The van der Waals surface area contributed by atoms with Gasteiger partial charge in [-0.3, -0.25) is 4.99 Å². The highest BCUT2D eigenvalue weighted by atomic mass is 32.2. The van der Waals surface area contributed by atoms with Crippen LogP contribution in [0.1, 0.15) is 45.2 Å². The van der Waals surface area contributed by atoms with Crippen molar-refractivity contribution in [1.29, 1.82) is 0 Å². The number of aromatic nitrogens is 1. The summed E-state index contributed by atoms with van der Waals surface area (Å²) in [5.41, 5.74) is 0.443. The molecule has 1 aromatic heterocycles. The number of guanidine groups is 1. The SMILES string of the molecule is CCNC(=NCC1CCCCC1C)N1CCN(S(=O)(=O)Cc2ccon2)CC1. The van der Waals surface area contributed by atoms with Gasteiger partial charge < -0.3 is 14.7 Å². The minimum Gasteiger partial charge on any atom is -0.364 e. The Morgan fingerprint density at radius 1 is 1.29 bits per heavy atom. The molecule has 1 N–H and O–H groups in total. The molecule has 158 valence electrons. The first kappa shape index (κ1) is 21.1. The maximum absolute atomic E-state index is 12.6. The van der Waals surface area contributed by atoms with Crippen molar-refractivity contribution >= 4 is 16.0 Å². The van der Waals surface area contributed by atoms with E-state index in [9.17, 15) is 8.42 Å². The summed E-state index contributed by atoms with van der Waals surface area (Å²) >= 11 is 0. The van der Waals surface area contributed by atoms with E-state index in [-0.39, 0.29) is 5.75 Å². The minimum absolute atomic E-state index is 0.114. The second-order valence-electron chi connectivity index (χ2n) is 7.85. The van der Waals surface area contributed by atoms with Crippen molar-refractivity contribution in [2.75, 3.05) is 39.3 Å². The third-order valence-corrected chi connectivity index (χ3v) is 7.67. The van der Waals surface area contributed by atoms with Gasteiger partial charge in [0.05, 0.1) is 5.69 Å². The average Bonchev–Trinajstić information content (AvgIpc) is 3.19. The first-order valence-corrected chi connectivity index (χ1v) is 12.0. The number of piperazine rings is 1. The van der Waals surface area contributed by atoms with Crippen LogP contribution in [-0.2, 0) is 15.8 Å². The van der Waals surface area contributed by atoms with E-state index in [2.05, 4.69) is 29.2 Å². The van der Waals surface area contributed by atoms with Crippen LogP contribution in [0.3, 0.4) is 0 Å². The number of nitrogens with zero attached hydrogens (tertiary/aromatic N) is 4. The Bertz CT molecular complexity index is 727. The van der Waals surface area contributed by atoms with E-state index in [0.717, 1.165) is 25.0 Å². The Hall–Kier alpha value is -1.61. The second-order valence-corrected chi connectivity index (χ2v) is 9.82. The molecule has 9 heteroatoms. The van der Waals surface area contributed by atoms with Crippen LogP contribution >= 0.6 is 0 Å². The van der Waals surface area contributed by atoms with Crippen LogP contribution in [0.25, 0.3) is 0 Å². The molecule has 2 unspecified atom stereocenters. The summed E-state index contributed by atoms with van der Waals surface area (Å²) in [6.45, 7) is 8.28. The number of sulfonamides is 1. The van der Waals surface area contributed by atoms with Crippen LogP contribution in [-0.4, -0.2) is 68.0 Å². The summed E-state index contributed by atoms with van der Waals surface area (Å²) in [6.07, 6.45) is 6.61. The highest BCUT2D eigenvalue weighted by Crippen LogP contribution is 2.29. The van der Waals surface area contributed by atoms with Gasteiger partial charge in [-0.15, -0.1) is 0 Å². The molecule has 8 nitrogen and oxygen atoms in total. The van der Waals surface area contributed by atoms with Crippen LogP contribution in [0.5, 0.6) is 0 Å². The molecular weight excluding hydrogens is 378 g/mol.